The predicted octanol–water partition coefficient (Wildman–Crippen LogP) is 0.172. The zero-order chi connectivity index (χ0) is 11.3. The fraction of sp³-hybridized carbons (Fsp3) is 0.556. The molecular formula is C9H14N2O4. The third-order valence-corrected chi connectivity index (χ3v) is 1.84. The van der Waals surface area contributed by atoms with Crippen molar-refractivity contribution in [2.45, 2.75) is 19.5 Å². The normalized spacial score (nSPS) is 12.7. The maximum atomic E-state index is 10.7. The molecule has 0 fully saturated rings. The van der Waals surface area contributed by atoms with E-state index in [2.05, 4.69) is 10.5 Å². The van der Waals surface area contributed by atoms with Gasteiger partial charge in [-0.15, -0.1) is 0 Å². The van der Waals surface area contributed by atoms with Crippen LogP contribution in [0, 0.1) is 6.92 Å². The molecule has 0 saturated heterocycles. The lowest BCUT2D eigenvalue weighted by Gasteiger charge is -2.11. The van der Waals surface area contributed by atoms with Gasteiger partial charge in [0.05, 0.1) is 12.3 Å². The number of nitrogens with zero attached hydrogens (tertiary/aromatic N) is 1. The predicted molar refractivity (Wildman–Crippen MR) is 51.4 cm³/mol. The smallest absolute Gasteiger partial charge is 0.323 e. The van der Waals surface area contributed by atoms with Crippen LogP contribution >= 0.6 is 0 Å². The van der Waals surface area contributed by atoms with Crippen LogP contribution in [0.3, 0.4) is 0 Å². The number of nitrogens with one attached hydrogen (secondary N) is 1. The number of hydrogen-bond donors (Lipinski definition) is 2. The van der Waals surface area contributed by atoms with Crippen molar-refractivity contribution in [2.24, 2.45) is 0 Å². The lowest BCUT2D eigenvalue weighted by molar-refractivity contribution is -0.140. The summed E-state index contributed by atoms with van der Waals surface area (Å²) in [7, 11) is 1.46. The molecule has 84 valence electrons. The Kier molecular flexibility index (Phi) is 4.26. The van der Waals surface area contributed by atoms with Crippen molar-refractivity contribution >= 4 is 5.97 Å². The van der Waals surface area contributed by atoms with E-state index in [1.807, 2.05) is 0 Å². The first-order valence-electron chi connectivity index (χ1n) is 4.51. The minimum Gasteiger partial charge on any atom is -0.480 e. The van der Waals surface area contributed by atoms with Gasteiger partial charge in [0.1, 0.15) is 11.8 Å². The molecule has 1 atom stereocenters. The van der Waals surface area contributed by atoms with E-state index in [1.165, 1.54) is 7.11 Å². The highest BCUT2D eigenvalue weighted by atomic mass is 16.5. The van der Waals surface area contributed by atoms with E-state index in [-0.39, 0.29) is 6.61 Å². The number of hydrogen-bond acceptors (Lipinski definition) is 5. The van der Waals surface area contributed by atoms with Crippen molar-refractivity contribution in [1.82, 2.24) is 10.5 Å². The summed E-state index contributed by atoms with van der Waals surface area (Å²) in [6.07, 6.45) is 0. The highest BCUT2D eigenvalue weighted by molar-refractivity contribution is 5.73. The highest BCUT2D eigenvalue weighted by Gasteiger charge is 2.16. The van der Waals surface area contributed by atoms with Crippen LogP contribution in [-0.2, 0) is 16.1 Å². The molecule has 0 spiro atoms. The minimum absolute atomic E-state index is 0.117. The second-order valence-electron chi connectivity index (χ2n) is 3.16. The molecule has 0 bridgehead atoms. The number of aliphatic carboxylic acids is 1. The summed E-state index contributed by atoms with van der Waals surface area (Å²) in [5.41, 5.74) is 0.676. The molecular weight excluding hydrogens is 200 g/mol. The number of rotatable bonds is 6. The van der Waals surface area contributed by atoms with Crippen LogP contribution in [0.4, 0.5) is 0 Å². The van der Waals surface area contributed by atoms with Gasteiger partial charge in [-0.2, -0.15) is 0 Å². The summed E-state index contributed by atoms with van der Waals surface area (Å²) in [6, 6.07) is 1.02. The summed E-state index contributed by atoms with van der Waals surface area (Å²) in [6.45, 7) is 2.24. The Labute approximate surface area is 87.2 Å². The lowest BCUT2D eigenvalue weighted by Crippen LogP contribution is -2.39. The molecule has 0 saturated carbocycles. The van der Waals surface area contributed by atoms with Gasteiger partial charge >= 0.3 is 5.97 Å². The highest BCUT2D eigenvalue weighted by Crippen LogP contribution is 2.01. The molecule has 1 heterocycles. The van der Waals surface area contributed by atoms with Gasteiger partial charge in [0, 0.05) is 19.7 Å². The summed E-state index contributed by atoms with van der Waals surface area (Å²) in [5.74, 6) is -0.248. The molecule has 2 N–H and O–H groups in total. The van der Waals surface area contributed by atoms with Gasteiger partial charge < -0.3 is 14.4 Å². The Hall–Kier alpha value is -1.40. The van der Waals surface area contributed by atoms with E-state index in [0.717, 1.165) is 0 Å². The molecule has 1 rings (SSSR count). The zero-order valence-electron chi connectivity index (χ0n) is 8.69. The van der Waals surface area contributed by atoms with Crippen LogP contribution in [0.25, 0.3) is 0 Å². The maximum Gasteiger partial charge on any atom is 0.323 e. The second-order valence-corrected chi connectivity index (χ2v) is 3.16. The van der Waals surface area contributed by atoms with E-state index in [0.29, 0.717) is 18.0 Å². The largest absolute Gasteiger partial charge is 0.480 e. The fourth-order valence-corrected chi connectivity index (χ4v) is 1.11. The van der Waals surface area contributed by atoms with Gasteiger partial charge in [-0.3, -0.25) is 10.1 Å². The Balaban J connectivity index is 2.43. The number of ether oxygens (including phenoxy) is 1. The van der Waals surface area contributed by atoms with Crippen LogP contribution in [-0.4, -0.2) is 36.0 Å². The quantitative estimate of drug-likeness (QED) is 0.702. The Morgan fingerprint density at radius 3 is 3.00 bits per heavy atom. The van der Waals surface area contributed by atoms with Crippen molar-refractivity contribution in [3.8, 4) is 0 Å². The van der Waals surface area contributed by atoms with Gasteiger partial charge in [-0.1, -0.05) is 5.16 Å². The molecule has 0 aliphatic rings. The molecule has 0 aromatic carbocycles. The van der Waals surface area contributed by atoms with Gasteiger partial charge in [-0.25, -0.2) is 0 Å². The van der Waals surface area contributed by atoms with E-state index < -0.39 is 12.0 Å². The molecule has 0 radical (unpaired) electrons. The molecule has 6 nitrogen and oxygen atoms in total. The van der Waals surface area contributed by atoms with E-state index in [1.54, 1.807) is 13.0 Å². The maximum absolute atomic E-state index is 10.7. The average molecular weight is 214 g/mol. The van der Waals surface area contributed by atoms with E-state index >= 15 is 0 Å². The molecule has 0 aliphatic heterocycles. The number of aryl methyl sites for hydroxylation is 1. The Bertz CT molecular complexity index is 324. The van der Waals surface area contributed by atoms with Gasteiger partial charge in [0.2, 0.25) is 0 Å². The fourth-order valence-electron chi connectivity index (χ4n) is 1.11. The number of carboxylic acid groups (broad SMARTS) is 1. The standard InChI is InChI=1S/C9H14N2O4/c1-6-3-7(11-15-6)4-10-8(5-14-2)9(12)13/h3,8,10H,4-5H2,1-2H3,(H,12,13). The lowest BCUT2D eigenvalue weighted by atomic mass is 10.3. The monoisotopic (exact) mass is 214 g/mol. The topological polar surface area (TPSA) is 84.6 Å². The number of methoxy groups -OCH3 is 1. The number of aromatic nitrogens is 1. The summed E-state index contributed by atoms with van der Waals surface area (Å²) >= 11 is 0. The third-order valence-electron chi connectivity index (χ3n) is 1.84. The van der Waals surface area contributed by atoms with Crippen LogP contribution < -0.4 is 5.32 Å². The van der Waals surface area contributed by atoms with Crippen molar-refractivity contribution in [3.05, 3.63) is 17.5 Å². The van der Waals surface area contributed by atoms with E-state index in [4.69, 9.17) is 14.4 Å². The molecule has 0 aliphatic carbocycles. The van der Waals surface area contributed by atoms with Crippen LogP contribution in [0.1, 0.15) is 11.5 Å². The first kappa shape index (κ1) is 11.7. The van der Waals surface area contributed by atoms with Gasteiger partial charge in [-0.05, 0) is 6.92 Å². The first-order valence-corrected chi connectivity index (χ1v) is 4.51. The van der Waals surface area contributed by atoms with Crippen LogP contribution in [0.5, 0.6) is 0 Å². The SMILES string of the molecule is COCC(NCc1cc(C)on1)C(=O)O. The molecule has 0 amide bonds. The van der Waals surface area contributed by atoms with Gasteiger partial charge in [0.25, 0.3) is 0 Å². The molecule has 1 aromatic rings. The summed E-state index contributed by atoms with van der Waals surface area (Å²) in [5, 5.41) is 15.3. The third kappa shape index (κ3) is 3.69. The van der Waals surface area contributed by atoms with Crippen LogP contribution in [0.15, 0.2) is 10.6 Å². The van der Waals surface area contributed by atoms with Crippen molar-refractivity contribution < 1.29 is 19.2 Å². The molecule has 1 aromatic heterocycles. The Morgan fingerprint density at radius 1 is 1.80 bits per heavy atom. The van der Waals surface area contributed by atoms with Crippen LogP contribution in [0.2, 0.25) is 0 Å². The van der Waals surface area contributed by atoms with Crippen molar-refractivity contribution in [1.29, 1.82) is 0 Å². The average Bonchev–Trinajstić information content (AvgIpc) is 2.58. The molecule has 6 heteroatoms. The van der Waals surface area contributed by atoms with Gasteiger partial charge in [0.15, 0.2) is 0 Å². The summed E-state index contributed by atoms with van der Waals surface area (Å²) in [4.78, 5) is 10.7. The van der Waals surface area contributed by atoms with Crippen molar-refractivity contribution in [2.75, 3.05) is 13.7 Å². The second kappa shape index (κ2) is 5.47. The molecule has 15 heavy (non-hydrogen) atoms. The molecule has 1 unspecified atom stereocenters. The zero-order valence-corrected chi connectivity index (χ0v) is 8.69. The Morgan fingerprint density at radius 2 is 2.53 bits per heavy atom. The first-order chi connectivity index (χ1) is 7.13. The number of carboxylic acids is 1. The summed E-state index contributed by atoms with van der Waals surface area (Å²) < 4.78 is 9.62. The minimum atomic E-state index is -0.947. The van der Waals surface area contributed by atoms with Crippen molar-refractivity contribution in [3.63, 3.8) is 0 Å². The van der Waals surface area contributed by atoms with E-state index in [9.17, 15) is 4.79 Å². The number of carbonyl (C=O) groups is 1.